The molecular weight excluding hydrogens is 186 g/mol. The number of rotatable bonds is 2. The van der Waals surface area contributed by atoms with Crippen LogP contribution in [0.25, 0.3) is 11.4 Å². The molecule has 0 fully saturated rings. The van der Waals surface area contributed by atoms with Crippen molar-refractivity contribution < 1.29 is 0 Å². The molecule has 1 aromatic carbocycles. The standard InChI is InChI=1S/C12H15N3/c1-9-11(8-13)15(2)12(14-9)10-6-4-3-5-7-10/h3-7H,8,13H2,1-2H3. The van der Waals surface area contributed by atoms with E-state index in [2.05, 4.69) is 21.7 Å². The predicted molar refractivity (Wildman–Crippen MR) is 61.3 cm³/mol. The molecule has 2 rings (SSSR count). The number of nitrogens with two attached hydrogens (primary N) is 1. The Morgan fingerprint density at radius 1 is 1.27 bits per heavy atom. The van der Waals surface area contributed by atoms with Gasteiger partial charge in [-0.3, -0.25) is 0 Å². The number of hydrogen-bond donors (Lipinski definition) is 1. The average Bonchev–Trinajstić information content (AvgIpc) is 2.55. The minimum Gasteiger partial charge on any atom is -0.330 e. The number of aromatic nitrogens is 2. The summed E-state index contributed by atoms with van der Waals surface area (Å²) in [6.45, 7) is 2.52. The molecule has 1 heterocycles. The second kappa shape index (κ2) is 3.87. The molecule has 0 aliphatic rings. The van der Waals surface area contributed by atoms with Crippen LogP contribution in [-0.2, 0) is 13.6 Å². The van der Waals surface area contributed by atoms with Crippen molar-refractivity contribution in [1.82, 2.24) is 9.55 Å². The second-order valence-corrected chi connectivity index (χ2v) is 3.60. The van der Waals surface area contributed by atoms with Crippen LogP contribution in [0.5, 0.6) is 0 Å². The highest BCUT2D eigenvalue weighted by atomic mass is 15.1. The monoisotopic (exact) mass is 201 g/mol. The van der Waals surface area contributed by atoms with E-state index in [9.17, 15) is 0 Å². The van der Waals surface area contributed by atoms with E-state index in [0.717, 1.165) is 22.8 Å². The van der Waals surface area contributed by atoms with Gasteiger partial charge in [0.2, 0.25) is 0 Å². The first kappa shape index (κ1) is 9.93. The summed E-state index contributed by atoms with van der Waals surface area (Å²) < 4.78 is 2.06. The topological polar surface area (TPSA) is 43.8 Å². The molecule has 1 aromatic heterocycles. The maximum Gasteiger partial charge on any atom is 0.140 e. The highest BCUT2D eigenvalue weighted by Gasteiger charge is 2.10. The fourth-order valence-electron chi connectivity index (χ4n) is 1.80. The number of imidazole rings is 1. The summed E-state index contributed by atoms with van der Waals surface area (Å²) in [5, 5.41) is 0. The van der Waals surface area contributed by atoms with Crippen molar-refractivity contribution >= 4 is 0 Å². The van der Waals surface area contributed by atoms with Gasteiger partial charge < -0.3 is 10.3 Å². The van der Waals surface area contributed by atoms with E-state index in [1.54, 1.807) is 0 Å². The number of nitrogens with zero attached hydrogens (tertiary/aromatic N) is 2. The third-order valence-electron chi connectivity index (χ3n) is 2.64. The van der Waals surface area contributed by atoms with Gasteiger partial charge in [-0.15, -0.1) is 0 Å². The molecule has 0 saturated carbocycles. The van der Waals surface area contributed by atoms with Crippen molar-refractivity contribution in [3.63, 3.8) is 0 Å². The van der Waals surface area contributed by atoms with Crippen molar-refractivity contribution in [3.05, 3.63) is 41.7 Å². The van der Waals surface area contributed by atoms with Crippen LogP contribution in [0, 0.1) is 6.92 Å². The van der Waals surface area contributed by atoms with Crippen molar-refractivity contribution in [3.8, 4) is 11.4 Å². The van der Waals surface area contributed by atoms with E-state index in [1.807, 2.05) is 32.2 Å². The lowest BCUT2D eigenvalue weighted by Gasteiger charge is -2.04. The predicted octanol–water partition coefficient (Wildman–Crippen LogP) is 1.85. The molecule has 78 valence electrons. The van der Waals surface area contributed by atoms with E-state index in [1.165, 1.54) is 0 Å². The lowest BCUT2D eigenvalue weighted by molar-refractivity contribution is 0.823. The number of aryl methyl sites for hydroxylation is 1. The molecule has 2 aromatic rings. The van der Waals surface area contributed by atoms with Gasteiger partial charge in [0.25, 0.3) is 0 Å². The Bertz CT molecular complexity index is 457. The van der Waals surface area contributed by atoms with E-state index in [0.29, 0.717) is 6.54 Å². The molecule has 3 heteroatoms. The summed E-state index contributed by atoms with van der Waals surface area (Å²) in [7, 11) is 2.00. The molecule has 15 heavy (non-hydrogen) atoms. The normalized spacial score (nSPS) is 10.6. The van der Waals surface area contributed by atoms with Gasteiger partial charge in [0.15, 0.2) is 0 Å². The first-order valence-corrected chi connectivity index (χ1v) is 5.01. The molecule has 0 aliphatic carbocycles. The molecule has 0 amide bonds. The molecule has 0 saturated heterocycles. The SMILES string of the molecule is Cc1nc(-c2ccccc2)n(C)c1CN. The van der Waals surface area contributed by atoms with Crippen LogP contribution < -0.4 is 5.73 Å². The zero-order valence-corrected chi connectivity index (χ0v) is 9.07. The zero-order chi connectivity index (χ0) is 10.8. The lowest BCUT2D eigenvalue weighted by Crippen LogP contribution is -2.05. The molecule has 0 unspecified atom stereocenters. The smallest absolute Gasteiger partial charge is 0.140 e. The molecule has 3 nitrogen and oxygen atoms in total. The maximum atomic E-state index is 5.68. The molecule has 2 N–H and O–H groups in total. The summed E-state index contributed by atoms with van der Waals surface area (Å²) in [6, 6.07) is 10.1. The average molecular weight is 201 g/mol. The third kappa shape index (κ3) is 1.66. The molecule has 0 aliphatic heterocycles. The van der Waals surface area contributed by atoms with Gasteiger partial charge in [-0.2, -0.15) is 0 Å². The zero-order valence-electron chi connectivity index (χ0n) is 9.07. The fourth-order valence-corrected chi connectivity index (χ4v) is 1.80. The highest BCUT2D eigenvalue weighted by molar-refractivity contribution is 5.56. The minimum atomic E-state index is 0.530. The van der Waals surface area contributed by atoms with Crippen molar-refractivity contribution in [1.29, 1.82) is 0 Å². The van der Waals surface area contributed by atoms with Crippen LogP contribution >= 0.6 is 0 Å². The summed E-state index contributed by atoms with van der Waals surface area (Å²) in [5.74, 6) is 0.980. The quantitative estimate of drug-likeness (QED) is 0.806. The Morgan fingerprint density at radius 3 is 2.47 bits per heavy atom. The molecule has 0 bridgehead atoms. The van der Waals surface area contributed by atoms with Crippen LogP contribution in [0.3, 0.4) is 0 Å². The third-order valence-corrected chi connectivity index (χ3v) is 2.64. The summed E-state index contributed by atoms with van der Waals surface area (Å²) in [4.78, 5) is 4.53. The largest absolute Gasteiger partial charge is 0.330 e. The van der Waals surface area contributed by atoms with E-state index >= 15 is 0 Å². The van der Waals surface area contributed by atoms with Gasteiger partial charge >= 0.3 is 0 Å². The van der Waals surface area contributed by atoms with Crippen LogP contribution in [0.15, 0.2) is 30.3 Å². The lowest BCUT2D eigenvalue weighted by atomic mass is 10.2. The highest BCUT2D eigenvalue weighted by Crippen LogP contribution is 2.20. The van der Waals surface area contributed by atoms with Crippen LogP contribution in [0.1, 0.15) is 11.4 Å². The van der Waals surface area contributed by atoms with Crippen molar-refractivity contribution in [2.75, 3.05) is 0 Å². The van der Waals surface area contributed by atoms with Crippen LogP contribution in [0.2, 0.25) is 0 Å². The van der Waals surface area contributed by atoms with Gasteiger partial charge in [-0.25, -0.2) is 4.98 Å². The van der Waals surface area contributed by atoms with E-state index < -0.39 is 0 Å². The molecule has 0 spiro atoms. The first-order chi connectivity index (χ1) is 7.24. The van der Waals surface area contributed by atoms with Gasteiger partial charge in [0, 0.05) is 19.2 Å². The maximum absolute atomic E-state index is 5.68. The molecular formula is C12H15N3. The minimum absolute atomic E-state index is 0.530. The summed E-state index contributed by atoms with van der Waals surface area (Å²) in [5.41, 5.74) is 8.91. The van der Waals surface area contributed by atoms with Crippen molar-refractivity contribution in [2.24, 2.45) is 12.8 Å². The Kier molecular flexibility index (Phi) is 2.56. The van der Waals surface area contributed by atoms with Crippen molar-refractivity contribution in [2.45, 2.75) is 13.5 Å². The summed E-state index contributed by atoms with van der Waals surface area (Å²) >= 11 is 0. The van der Waals surface area contributed by atoms with Gasteiger partial charge in [0.05, 0.1) is 11.4 Å². The van der Waals surface area contributed by atoms with Crippen LogP contribution in [-0.4, -0.2) is 9.55 Å². The summed E-state index contributed by atoms with van der Waals surface area (Å²) in [6.07, 6.45) is 0. The van der Waals surface area contributed by atoms with E-state index in [4.69, 9.17) is 5.73 Å². The molecule has 0 atom stereocenters. The van der Waals surface area contributed by atoms with Gasteiger partial charge in [0.1, 0.15) is 5.82 Å². The van der Waals surface area contributed by atoms with E-state index in [-0.39, 0.29) is 0 Å². The van der Waals surface area contributed by atoms with Gasteiger partial charge in [-0.1, -0.05) is 30.3 Å². The van der Waals surface area contributed by atoms with Gasteiger partial charge in [-0.05, 0) is 6.92 Å². The fraction of sp³-hybridized carbons (Fsp3) is 0.250. The Balaban J connectivity index is 2.55. The Labute approximate surface area is 89.6 Å². The van der Waals surface area contributed by atoms with Crippen LogP contribution in [0.4, 0.5) is 0 Å². The number of hydrogen-bond acceptors (Lipinski definition) is 2. The Hall–Kier alpha value is -1.61. The Morgan fingerprint density at radius 2 is 1.93 bits per heavy atom. The first-order valence-electron chi connectivity index (χ1n) is 5.01. The second-order valence-electron chi connectivity index (χ2n) is 3.60. The molecule has 0 radical (unpaired) electrons. The number of benzene rings is 1.